The predicted octanol–water partition coefficient (Wildman–Crippen LogP) is 1.06. The van der Waals surface area contributed by atoms with Crippen molar-refractivity contribution < 1.29 is 5.11 Å². The van der Waals surface area contributed by atoms with Crippen LogP contribution in [0.25, 0.3) is 0 Å². The average molecular weight is 115 g/mol. The molecule has 0 aromatic rings. The number of hydrogen-bond acceptors (Lipinski definition) is 2. The standard InChI is InChI=1S/C6H13NO/c1-3-4-6(8)5-7-2/h4,7-8H,3,5H2,1-2H3/b6-4-. The molecule has 0 atom stereocenters. The lowest BCUT2D eigenvalue weighted by atomic mass is 10.4. The molecule has 0 aliphatic heterocycles. The molecular formula is C6H13NO. The van der Waals surface area contributed by atoms with Gasteiger partial charge in [-0.15, -0.1) is 0 Å². The smallest absolute Gasteiger partial charge is 0.102 e. The average Bonchev–Trinajstić information content (AvgIpc) is 1.68. The molecule has 0 saturated carbocycles. The van der Waals surface area contributed by atoms with Crippen molar-refractivity contribution in [3.63, 3.8) is 0 Å². The molecule has 48 valence electrons. The Bertz CT molecular complexity index is 78.6. The quantitative estimate of drug-likeness (QED) is 0.539. The molecule has 0 heterocycles. The van der Waals surface area contributed by atoms with E-state index >= 15 is 0 Å². The molecule has 2 nitrogen and oxygen atoms in total. The van der Waals surface area contributed by atoms with Crippen LogP contribution in [0.5, 0.6) is 0 Å². The Balaban J connectivity index is 3.29. The van der Waals surface area contributed by atoms with Gasteiger partial charge in [0.15, 0.2) is 0 Å². The Labute approximate surface area is 50.2 Å². The Kier molecular flexibility index (Phi) is 4.36. The second-order valence-electron chi connectivity index (χ2n) is 1.63. The summed E-state index contributed by atoms with van der Waals surface area (Å²) in [5.41, 5.74) is 0. The van der Waals surface area contributed by atoms with E-state index in [2.05, 4.69) is 5.32 Å². The summed E-state index contributed by atoms with van der Waals surface area (Å²) >= 11 is 0. The largest absolute Gasteiger partial charge is 0.511 e. The molecule has 0 radical (unpaired) electrons. The predicted molar refractivity (Wildman–Crippen MR) is 34.9 cm³/mol. The molecule has 0 rings (SSSR count). The van der Waals surface area contributed by atoms with E-state index in [9.17, 15) is 0 Å². The molecule has 0 aromatic carbocycles. The summed E-state index contributed by atoms with van der Waals surface area (Å²) in [5.74, 6) is 0.426. The zero-order chi connectivity index (χ0) is 6.41. The van der Waals surface area contributed by atoms with Gasteiger partial charge < -0.3 is 10.4 Å². The highest BCUT2D eigenvalue weighted by molar-refractivity contribution is 4.91. The number of likely N-dealkylation sites (N-methyl/N-ethyl adjacent to an activating group) is 1. The third kappa shape index (κ3) is 3.68. The van der Waals surface area contributed by atoms with Crippen LogP contribution in [0.1, 0.15) is 13.3 Å². The highest BCUT2D eigenvalue weighted by atomic mass is 16.3. The first-order chi connectivity index (χ1) is 3.81. The molecule has 0 fully saturated rings. The third-order valence-corrected chi connectivity index (χ3v) is 0.798. The van der Waals surface area contributed by atoms with Gasteiger partial charge in [0.05, 0.1) is 6.54 Å². The number of aliphatic hydroxyl groups is 1. The maximum Gasteiger partial charge on any atom is 0.102 e. The van der Waals surface area contributed by atoms with Crippen molar-refractivity contribution in [3.8, 4) is 0 Å². The fraction of sp³-hybridized carbons (Fsp3) is 0.667. The van der Waals surface area contributed by atoms with Crippen LogP contribution >= 0.6 is 0 Å². The molecule has 0 aromatic heterocycles. The van der Waals surface area contributed by atoms with Gasteiger partial charge in [0.1, 0.15) is 5.76 Å². The second-order valence-corrected chi connectivity index (χ2v) is 1.63. The first-order valence-corrected chi connectivity index (χ1v) is 2.83. The van der Waals surface area contributed by atoms with Crippen molar-refractivity contribution in [2.24, 2.45) is 0 Å². The Morgan fingerprint density at radius 1 is 1.75 bits per heavy atom. The van der Waals surface area contributed by atoms with E-state index in [0.29, 0.717) is 12.3 Å². The van der Waals surface area contributed by atoms with Gasteiger partial charge >= 0.3 is 0 Å². The minimum absolute atomic E-state index is 0.426. The first-order valence-electron chi connectivity index (χ1n) is 2.83. The summed E-state index contributed by atoms with van der Waals surface area (Å²) in [7, 11) is 1.81. The van der Waals surface area contributed by atoms with Gasteiger partial charge in [0.25, 0.3) is 0 Å². The highest BCUT2D eigenvalue weighted by Gasteiger charge is 1.84. The van der Waals surface area contributed by atoms with Gasteiger partial charge in [0, 0.05) is 0 Å². The van der Waals surface area contributed by atoms with Gasteiger partial charge in [-0.25, -0.2) is 0 Å². The van der Waals surface area contributed by atoms with E-state index in [-0.39, 0.29) is 0 Å². The van der Waals surface area contributed by atoms with Crippen molar-refractivity contribution in [2.45, 2.75) is 13.3 Å². The van der Waals surface area contributed by atoms with E-state index < -0.39 is 0 Å². The maximum atomic E-state index is 8.85. The molecular weight excluding hydrogens is 102 g/mol. The molecule has 0 unspecified atom stereocenters. The Hall–Kier alpha value is -0.500. The second kappa shape index (κ2) is 4.65. The zero-order valence-corrected chi connectivity index (χ0v) is 5.44. The van der Waals surface area contributed by atoms with E-state index in [0.717, 1.165) is 6.42 Å². The summed E-state index contributed by atoms with van der Waals surface area (Å²) in [6.07, 6.45) is 2.68. The van der Waals surface area contributed by atoms with Gasteiger partial charge in [0.2, 0.25) is 0 Å². The number of hydrogen-bond donors (Lipinski definition) is 2. The number of rotatable bonds is 3. The van der Waals surface area contributed by atoms with Gasteiger partial charge in [-0.05, 0) is 19.5 Å². The van der Waals surface area contributed by atoms with Crippen LogP contribution in [0.4, 0.5) is 0 Å². The van der Waals surface area contributed by atoms with Gasteiger partial charge in [-0.2, -0.15) is 0 Å². The van der Waals surface area contributed by atoms with Crippen molar-refractivity contribution in [3.05, 3.63) is 11.8 Å². The summed E-state index contributed by atoms with van der Waals surface area (Å²) < 4.78 is 0. The normalized spacial score (nSPS) is 12.0. The maximum absolute atomic E-state index is 8.85. The SMILES string of the molecule is CC/C=C(\O)CNC. The molecule has 0 amide bonds. The van der Waals surface area contributed by atoms with Crippen molar-refractivity contribution >= 4 is 0 Å². The first kappa shape index (κ1) is 7.50. The highest BCUT2D eigenvalue weighted by Crippen LogP contribution is 1.86. The summed E-state index contributed by atoms with van der Waals surface area (Å²) in [6, 6.07) is 0. The summed E-state index contributed by atoms with van der Waals surface area (Å²) in [4.78, 5) is 0. The van der Waals surface area contributed by atoms with Crippen LogP contribution in [0, 0.1) is 0 Å². The van der Waals surface area contributed by atoms with Crippen molar-refractivity contribution in [1.82, 2.24) is 5.32 Å². The van der Waals surface area contributed by atoms with E-state index in [1.54, 1.807) is 13.1 Å². The molecule has 0 aliphatic carbocycles. The van der Waals surface area contributed by atoms with Crippen LogP contribution in [-0.4, -0.2) is 18.7 Å². The fourth-order valence-electron chi connectivity index (χ4n) is 0.489. The molecule has 2 heteroatoms. The molecule has 0 spiro atoms. The van der Waals surface area contributed by atoms with Gasteiger partial charge in [-0.3, -0.25) is 0 Å². The van der Waals surface area contributed by atoms with Crippen molar-refractivity contribution in [1.29, 1.82) is 0 Å². The number of aliphatic hydroxyl groups excluding tert-OH is 1. The molecule has 0 bridgehead atoms. The van der Waals surface area contributed by atoms with E-state index in [1.807, 2.05) is 6.92 Å². The van der Waals surface area contributed by atoms with Crippen LogP contribution < -0.4 is 5.32 Å². The number of allylic oxidation sites excluding steroid dienone is 1. The lowest BCUT2D eigenvalue weighted by molar-refractivity contribution is 0.391. The number of nitrogens with one attached hydrogen (secondary N) is 1. The summed E-state index contributed by atoms with van der Waals surface area (Å²) in [5, 5.41) is 11.7. The van der Waals surface area contributed by atoms with Gasteiger partial charge in [-0.1, -0.05) is 6.92 Å². The Morgan fingerprint density at radius 3 is 2.75 bits per heavy atom. The van der Waals surface area contributed by atoms with Crippen LogP contribution in [0.15, 0.2) is 11.8 Å². The molecule has 2 N–H and O–H groups in total. The topological polar surface area (TPSA) is 32.3 Å². The van der Waals surface area contributed by atoms with Crippen LogP contribution in [0.2, 0.25) is 0 Å². The fourth-order valence-corrected chi connectivity index (χ4v) is 0.489. The lowest BCUT2D eigenvalue weighted by Gasteiger charge is -1.94. The van der Waals surface area contributed by atoms with Crippen LogP contribution in [0.3, 0.4) is 0 Å². The molecule has 0 aliphatic rings. The molecule has 8 heavy (non-hydrogen) atoms. The van der Waals surface area contributed by atoms with E-state index in [1.165, 1.54) is 0 Å². The minimum atomic E-state index is 0.426. The summed E-state index contributed by atoms with van der Waals surface area (Å²) in [6.45, 7) is 2.57. The third-order valence-electron chi connectivity index (χ3n) is 0.798. The molecule has 0 saturated heterocycles. The monoisotopic (exact) mass is 115 g/mol. The van der Waals surface area contributed by atoms with Crippen LogP contribution in [-0.2, 0) is 0 Å². The minimum Gasteiger partial charge on any atom is -0.511 e. The van der Waals surface area contributed by atoms with Crippen molar-refractivity contribution in [2.75, 3.05) is 13.6 Å². The van der Waals surface area contributed by atoms with E-state index in [4.69, 9.17) is 5.11 Å². The Morgan fingerprint density at radius 2 is 2.38 bits per heavy atom. The zero-order valence-electron chi connectivity index (χ0n) is 5.44. The lowest BCUT2D eigenvalue weighted by Crippen LogP contribution is -2.09.